The Morgan fingerprint density at radius 2 is 2.28 bits per heavy atom. The molecular weight excluding hydrogens is 236 g/mol. The summed E-state index contributed by atoms with van der Waals surface area (Å²) in [4.78, 5) is 18.4. The van der Waals surface area contributed by atoms with Crippen LogP contribution in [0.5, 0.6) is 0 Å². The van der Waals surface area contributed by atoms with Crippen molar-refractivity contribution in [2.75, 3.05) is 5.32 Å². The molecule has 2 heterocycles. The number of aryl methyl sites for hydroxylation is 2. The molecule has 2 aromatic heterocycles. The standard InChI is InChI=1S/C11H12N4O3/c1-7-9(14-8(2)18-7)6-13-11-10(15(16)17)4-3-5-12-11/h3-5H,6H2,1-2H3,(H,12,13). The van der Waals surface area contributed by atoms with E-state index in [0.29, 0.717) is 23.9 Å². The minimum absolute atomic E-state index is 0.0598. The summed E-state index contributed by atoms with van der Waals surface area (Å²) in [6.07, 6.45) is 1.50. The molecule has 0 radical (unpaired) electrons. The topological polar surface area (TPSA) is 94.1 Å². The smallest absolute Gasteiger partial charge is 0.311 e. The highest BCUT2D eigenvalue weighted by atomic mass is 16.6. The van der Waals surface area contributed by atoms with Crippen LogP contribution in [0.2, 0.25) is 0 Å². The van der Waals surface area contributed by atoms with E-state index in [1.807, 2.05) is 0 Å². The first kappa shape index (κ1) is 12.0. The average molecular weight is 248 g/mol. The number of nitrogens with zero attached hydrogens (tertiary/aromatic N) is 3. The third kappa shape index (κ3) is 2.45. The van der Waals surface area contributed by atoms with Crippen LogP contribution in [-0.2, 0) is 6.54 Å². The Bertz CT molecular complexity index is 579. The van der Waals surface area contributed by atoms with Gasteiger partial charge < -0.3 is 9.73 Å². The van der Waals surface area contributed by atoms with Crippen molar-refractivity contribution in [2.45, 2.75) is 20.4 Å². The van der Waals surface area contributed by atoms with E-state index >= 15 is 0 Å². The summed E-state index contributed by atoms with van der Waals surface area (Å²) < 4.78 is 5.28. The zero-order valence-corrected chi connectivity index (χ0v) is 10.0. The van der Waals surface area contributed by atoms with Gasteiger partial charge in [0.05, 0.1) is 11.5 Å². The normalized spacial score (nSPS) is 10.3. The van der Waals surface area contributed by atoms with E-state index in [0.717, 1.165) is 0 Å². The fraction of sp³-hybridized carbons (Fsp3) is 0.273. The van der Waals surface area contributed by atoms with Crippen molar-refractivity contribution in [3.05, 3.63) is 45.8 Å². The van der Waals surface area contributed by atoms with Crippen molar-refractivity contribution in [1.82, 2.24) is 9.97 Å². The van der Waals surface area contributed by atoms with Gasteiger partial charge in [-0.3, -0.25) is 10.1 Å². The Balaban J connectivity index is 2.15. The molecular formula is C11H12N4O3. The molecule has 0 aromatic carbocycles. The van der Waals surface area contributed by atoms with E-state index < -0.39 is 4.92 Å². The summed E-state index contributed by atoms with van der Waals surface area (Å²) in [5.41, 5.74) is 0.655. The van der Waals surface area contributed by atoms with E-state index in [-0.39, 0.29) is 11.5 Å². The highest BCUT2D eigenvalue weighted by molar-refractivity contribution is 5.55. The molecule has 7 nitrogen and oxygen atoms in total. The summed E-state index contributed by atoms with van der Waals surface area (Å²) in [5, 5.41) is 13.7. The highest BCUT2D eigenvalue weighted by Gasteiger charge is 2.14. The molecule has 0 fully saturated rings. The number of nitrogens with one attached hydrogen (secondary N) is 1. The SMILES string of the molecule is Cc1nc(CNc2ncccc2[N+](=O)[O-])c(C)o1. The molecule has 1 N–H and O–H groups in total. The summed E-state index contributed by atoms with van der Waals surface area (Å²) in [7, 11) is 0. The van der Waals surface area contributed by atoms with Crippen molar-refractivity contribution in [3.8, 4) is 0 Å². The summed E-state index contributed by atoms with van der Waals surface area (Å²) in [6, 6.07) is 2.92. The maximum absolute atomic E-state index is 10.8. The van der Waals surface area contributed by atoms with Gasteiger partial charge in [-0.2, -0.15) is 0 Å². The van der Waals surface area contributed by atoms with Crippen LogP contribution in [0.15, 0.2) is 22.7 Å². The largest absolute Gasteiger partial charge is 0.446 e. The quantitative estimate of drug-likeness (QED) is 0.658. The predicted molar refractivity (Wildman–Crippen MR) is 64.2 cm³/mol. The molecule has 0 aliphatic carbocycles. The Labute approximate surface area is 103 Å². The number of aromatic nitrogens is 2. The lowest BCUT2D eigenvalue weighted by Gasteiger charge is -2.03. The van der Waals surface area contributed by atoms with Gasteiger partial charge in [0.25, 0.3) is 0 Å². The average Bonchev–Trinajstić information content (AvgIpc) is 2.65. The molecule has 7 heteroatoms. The molecule has 0 atom stereocenters. The minimum Gasteiger partial charge on any atom is -0.446 e. The van der Waals surface area contributed by atoms with Gasteiger partial charge in [-0.15, -0.1) is 0 Å². The number of rotatable bonds is 4. The fourth-order valence-corrected chi connectivity index (χ4v) is 1.58. The van der Waals surface area contributed by atoms with Gasteiger partial charge in [-0.1, -0.05) is 0 Å². The maximum Gasteiger partial charge on any atom is 0.311 e. The van der Waals surface area contributed by atoms with Gasteiger partial charge in [-0.05, 0) is 13.0 Å². The van der Waals surface area contributed by atoms with Crippen LogP contribution in [0.25, 0.3) is 0 Å². The van der Waals surface area contributed by atoms with Gasteiger partial charge in [0.15, 0.2) is 5.89 Å². The van der Waals surface area contributed by atoms with E-state index in [2.05, 4.69) is 15.3 Å². The first-order valence-corrected chi connectivity index (χ1v) is 5.34. The summed E-state index contributed by atoms with van der Waals surface area (Å²) in [5.74, 6) is 1.49. The van der Waals surface area contributed by atoms with Crippen molar-refractivity contribution in [2.24, 2.45) is 0 Å². The van der Waals surface area contributed by atoms with Gasteiger partial charge in [0.2, 0.25) is 5.82 Å². The molecule has 0 amide bonds. The molecule has 0 bridgehead atoms. The number of pyridine rings is 1. The number of hydrogen-bond acceptors (Lipinski definition) is 6. The second-order valence-electron chi connectivity index (χ2n) is 3.72. The predicted octanol–water partition coefficient (Wildman–Crippen LogP) is 2.21. The van der Waals surface area contributed by atoms with Gasteiger partial charge in [0.1, 0.15) is 11.5 Å². The van der Waals surface area contributed by atoms with Crippen LogP contribution in [-0.4, -0.2) is 14.9 Å². The van der Waals surface area contributed by atoms with Crippen LogP contribution in [0, 0.1) is 24.0 Å². The number of anilines is 1. The van der Waals surface area contributed by atoms with Crippen LogP contribution in [0.3, 0.4) is 0 Å². The van der Waals surface area contributed by atoms with Crippen molar-refractivity contribution in [3.63, 3.8) is 0 Å². The van der Waals surface area contributed by atoms with E-state index in [4.69, 9.17) is 4.42 Å². The molecule has 2 rings (SSSR count). The molecule has 0 spiro atoms. The van der Waals surface area contributed by atoms with Gasteiger partial charge in [0, 0.05) is 19.2 Å². The van der Waals surface area contributed by atoms with Crippen LogP contribution in [0.1, 0.15) is 17.3 Å². The highest BCUT2D eigenvalue weighted by Crippen LogP contribution is 2.21. The first-order valence-electron chi connectivity index (χ1n) is 5.34. The number of nitro groups is 1. The molecule has 0 saturated heterocycles. The Morgan fingerprint density at radius 3 is 2.89 bits per heavy atom. The second-order valence-corrected chi connectivity index (χ2v) is 3.72. The summed E-state index contributed by atoms with van der Waals surface area (Å²) in [6.45, 7) is 3.88. The van der Waals surface area contributed by atoms with Crippen molar-refractivity contribution >= 4 is 11.5 Å². The minimum atomic E-state index is -0.476. The molecule has 0 aliphatic rings. The van der Waals surface area contributed by atoms with E-state index in [1.54, 1.807) is 13.8 Å². The fourth-order valence-electron chi connectivity index (χ4n) is 1.58. The van der Waals surface area contributed by atoms with Crippen LogP contribution >= 0.6 is 0 Å². The van der Waals surface area contributed by atoms with E-state index in [9.17, 15) is 10.1 Å². The molecule has 0 saturated carbocycles. The Hall–Kier alpha value is -2.44. The molecule has 2 aromatic rings. The lowest BCUT2D eigenvalue weighted by atomic mass is 10.3. The Kier molecular flexibility index (Phi) is 3.22. The molecule has 94 valence electrons. The van der Waals surface area contributed by atoms with Gasteiger partial charge >= 0.3 is 5.69 Å². The van der Waals surface area contributed by atoms with E-state index in [1.165, 1.54) is 18.3 Å². The lowest BCUT2D eigenvalue weighted by Crippen LogP contribution is -2.05. The number of hydrogen-bond donors (Lipinski definition) is 1. The molecule has 0 aliphatic heterocycles. The van der Waals surface area contributed by atoms with Crippen LogP contribution < -0.4 is 5.32 Å². The molecule has 0 unspecified atom stereocenters. The third-order valence-corrected chi connectivity index (χ3v) is 2.41. The third-order valence-electron chi connectivity index (χ3n) is 2.41. The maximum atomic E-state index is 10.8. The lowest BCUT2D eigenvalue weighted by molar-refractivity contribution is -0.384. The Morgan fingerprint density at radius 1 is 1.50 bits per heavy atom. The van der Waals surface area contributed by atoms with Crippen LogP contribution in [0.4, 0.5) is 11.5 Å². The van der Waals surface area contributed by atoms with Crippen molar-refractivity contribution < 1.29 is 9.34 Å². The monoisotopic (exact) mass is 248 g/mol. The van der Waals surface area contributed by atoms with Crippen molar-refractivity contribution in [1.29, 1.82) is 0 Å². The molecule has 18 heavy (non-hydrogen) atoms. The second kappa shape index (κ2) is 4.82. The zero-order chi connectivity index (χ0) is 13.1. The number of oxazole rings is 1. The first-order chi connectivity index (χ1) is 8.58. The van der Waals surface area contributed by atoms with Gasteiger partial charge in [-0.25, -0.2) is 9.97 Å². The summed E-state index contributed by atoms with van der Waals surface area (Å²) >= 11 is 0. The zero-order valence-electron chi connectivity index (χ0n) is 10.0.